The van der Waals surface area contributed by atoms with Gasteiger partial charge in [-0.2, -0.15) is 0 Å². The molecule has 145 heavy (non-hydrogen) atoms. The molecule has 21 aromatic rings. The molecule has 12 aromatic carbocycles. The van der Waals surface area contributed by atoms with Crippen molar-refractivity contribution in [1.82, 2.24) is 44.9 Å². The molecule has 27 heteroatoms. The number of benzene rings is 12. The third-order valence-corrected chi connectivity index (χ3v) is 27.4. The molecular weight excluding hydrogens is 1860 g/mol. The fourth-order valence-electron chi connectivity index (χ4n) is 17.1. The van der Waals surface area contributed by atoms with Crippen LogP contribution >= 0.6 is 34.0 Å². The first kappa shape index (κ1) is 97.4. The molecule has 2 saturated carbocycles. The monoisotopic (exact) mass is 1960 g/mol. The number of nitrogens with one attached hydrogen (secondary N) is 3. The average molecular weight is 1970 g/mol. The van der Waals surface area contributed by atoms with Crippen LogP contribution < -0.4 is 51.6 Å². The van der Waals surface area contributed by atoms with Crippen molar-refractivity contribution in [3.63, 3.8) is 0 Å². The summed E-state index contributed by atoms with van der Waals surface area (Å²) >= 11 is 4.89. The Morgan fingerprint density at radius 1 is 0.269 bits per heavy atom. The summed E-state index contributed by atoms with van der Waals surface area (Å²) in [4.78, 5) is 40.3. The first-order valence-electron chi connectivity index (χ1n) is 46.6. The van der Waals surface area contributed by atoms with Crippen LogP contribution in [-0.2, 0) is 0 Å². The van der Waals surface area contributed by atoms with Crippen LogP contribution in [0.2, 0.25) is 0 Å². The maximum atomic E-state index is 13.6. The molecule has 0 atom stereocenters. The molecule has 0 radical (unpaired) electrons. The number of hydrogen-bond donors (Lipinski definition) is 12. The van der Waals surface area contributed by atoms with Gasteiger partial charge in [0.05, 0.1) is 129 Å². The molecule has 0 spiro atoms. The second-order valence-corrected chi connectivity index (χ2v) is 38.2. The predicted octanol–water partition coefficient (Wildman–Crippen LogP) is 28.0. The van der Waals surface area contributed by atoms with E-state index in [9.17, 15) is 13.2 Å². The Hall–Kier alpha value is -17.8. The molecule has 9 aromatic heterocycles. The normalized spacial score (nSPS) is 11.9. The topological polar surface area (TPSA) is 422 Å². The molecule has 9 heterocycles. The van der Waals surface area contributed by atoms with Crippen LogP contribution in [0.3, 0.4) is 0 Å². The fourth-order valence-corrected chi connectivity index (χ4v) is 19.3. The number of rotatable bonds is 17. The molecule has 21 nitrogen and oxygen atoms in total. The van der Waals surface area contributed by atoms with E-state index in [-0.39, 0.29) is 17.5 Å². The quantitative estimate of drug-likeness (QED) is 0.0297. The van der Waals surface area contributed by atoms with E-state index in [0.29, 0.717) is 102 Å². The largest absolute Gasteiger partial charge is 0.398 e. The van der Waals surface area contributed by atoms with Crippen LogP contribution in [0.1, 0.15) is 87.6 Å². The Labute approximate surface area is 848 Å². The number of nitrogens with two attached hydrogens (primary N) is 9. The van der Waals surface area contributed by atoms with Gasteiger partial charge in [-0.1, -0.05) is 96.6 Å². The van der Waals surface area contributed by atoms with Crippen LogP contribution in [0.15, 0.2) is 326 Å². The Morgan fingerprint density at radius 2 is 0.552 bits per heavy atom. The lowest BCUT2D eigenvalue weighted by molar-refractivity contribution is 0.618. The Morgan fingerprint density at radius 3 is 0.869 bits per heavy atom. The number of anilines is 9. The first-order chi connectivity index (χ1) is 70.2. The number of aromatic nitrogens is 9. The van der Waals surface area contributed by atoms with Crippen LogP contribution in [0, 0.1) is 61.4 Å². The standard InChI is InChI=1S/C21H20N4.C21H17N3S.2C19H17FN4.C19H14FN3S.C19H15N3S/c22-12-17-11-15(6-8-19(17)23)18-7-9-20(24)25-21(18)16-3-1-2-14(10-16)13-4-5-13;22-17-10-18(15-6-7-19-20(9-15)25-12-24-19)21(23-11-17)16-3-1-2-14(8-16)13-4-5-13;1-11-8-13(2-5-16(11)20)19-15(4-7-18(23)24-19)12-3-6-17(22)14(9-12)10-21;1-11-6-13(2-4-17(11)20)19-16(8-15(22)10-24-19)12-3-5-18(23)14(7-12)9-21;1-11-6-13(2-4-16(11)20)19-15(8-14(21)9-22-19)12-3-5-17-18(7-12)24-10-23-17;1-12-3-2-4-14(7-12)19-16(9-15(20)10-21-19)13-5-6-17-18(8-13)23-11-22-17/h1-3,6-13,22H,4-5,23H2,(H2,24,25);1-3,6-13H,4-5,22H2;2-10,21H,22H2,1H3,(H2,23,24);2-10,21H,22-23H2,1H3;2-10H,21H2,1H3;2-11H,20H2,1H3. The number of pyridine rings is 6. The number of halogens is 3. The predicted molar refractivity (Wildman–Crippen MR) is 596 cm³/mol. The van der Waals surface area contributed by atoms with Crippen molar-refractivity contribution in [2.45, 2.75) is 65.2 Å². The minimum Gasteiger partial charge on any atom is -0.398 e. The number of hydrogen-bond acceptors (Lipinski definition) is 24. The lowest BCUT2D eigenvalue weighted by Gasteiger charge is -2.12. The van der Waals surface area contributed by atoms with Gasteiger partial charge in [-0.3, -0.25) is 19.9 Å². The van der Waals surface area contributed by atoms with Gasteiger partial charge in [0.1, 0.15) is 29.1 Å². The smallest absolute Gasteiger partial charge is 0.126 e. The summed E-state index contributed by atoms with van der Waals surface area (Å²) in [6.07, 6.45) is 15.5. The zero-order chi connectivity index (χ0) is 101. The number of nitrogens with zero attached hydrogens (tertiary/aromatic N) is 9. The second kappa shape index (κ2) is 43.1. The van der Waals surface area contributed by atoms with E-state index in [1.54, 1.807) is 128 Å². The minimum absolute atomic E-state index is 0.221. The lowest BCUT2D eigenvalue weighted by atomic mass is 9.96. The molecule has 0 saturated heterocycles. The molecule has 2 fully saturated rings. The Balaban J connectivity index is 0.000000114. The summed E-state index contributed by atoms with van der Waals surface area (Å²) in [5, 5.41) is 22.5. The number of nitrogen functional groups attached to an aromatic ring is 9. The van der Waals surface area contributed by atoms with Crippen molar-refractivity contribution in [1.29, 1.82) is 16.2 Å². The van der Waals surface area contributed by atoms with E-state index in [0.717, 1.165) is 150 Å². The van der Waals surface area contributed by atoms with Crippen LogP contribution in [0.4, 0.5) is 64.6 Å². The SMILES string of the molecule is Cc1cc(-c2nc(N)ccc2-c2ccc(N)c(C=N)c2)ccc1F.Cc1cc(-c2ncc(N)cc2-c2ccc(N)c(C=N)c2)ccc1F.Cc1cc(-c2ncc(N)cc2-c2ccc3ncsc3c2)ccc1F.Cc1cccc(-c2ncc(N)cc2-c2ccc3ncsc3c2)c1.N=Cc1cc(-c2ccc(N)nc2-c2cccc(C3CC3)c2)ccc1N.Nc1cnc(-c2cccc(C3CC3)c2)c(-c2ccc3ncsc3c2)c1. The van der Waals surface area contributed by atoms with Gasteiger partial charge in [-0.25, -0.2) is 38.1 Å². The highest BCUT2D eigenvalue weighted by Gasteiger charge is 2.27. The Bertz CT molecular complexity index is 8500. The van der Waals surface area contributed by atoms with Crippen molar-refractivity contribution >= 4 is 135 Å². The van der Waals surface area contributed by atoms with Gasteiger partial charge in [-0.15, -0.1) is 34.0 Å². The van der Waals surface area contributed by atoms with E-state index in [1.165, 1.54) is 88.6 Å². The van der Waals surface area contributed by atoms with Gasteiger partial charge in [0.25, 0.3) is 0 Å². The number of aryl methyl sites for hydroxylation is 4. The van der Waals surface area contributed by atoms with Crippen molar-refractivity contribution in [2.75, 3.05) is 51.6 Å². The van der Waals surface area contributed by atoms with Crippen LogP contribution in [-0.4, -0.2) is 63.5 Å². The highest BCUT2D eigenvalue weighted by atomic mass is 32.1. The minimum atomic E-state index is -0.261. The number of fused-ring (bicyclic) bond motifs is 3. The van der Waals surface area contributed by atoms with Gasteiger partial charge in [0, 0.05) is 119 Å². The van der Waals surface area contributed by atoms with Gasteiger partial charge >= 0.3 is 0 Å². The lowest BCUT2D eigenvalue weighted by Crippen LogP contribution is -1.98. The molecule has 2 aliphatic carbocycles. The fraction of sp³-hybridized carbons (Fsp3) is 0.0847. The summed E-state index contributed by atoms with van der Waals surface area (Å²) in [5.41, 5.74) is 96.1. The first-order valence-corrected chi connectivity index (χ1v) is 49.2. The molecule has 2 aliphatic rings. The third-order valence-electron chi connectivity index (χ3n) is 25.1. The molecule has 716 valence electrons. The van der Waals surface area contributed by atoms with E-state index >= 15 is 0 Å². The second-order valence-electron chi connectivity index (χ2n) is 35.6. The maximum absolute atomic E-state index is 13.6. The molecule has 0 unspecified atom stereocenters. The summed E-state index contributed by atoms with van der Waals surface area (Å²) in [7, 11) is 0. The molecular formula is C118H100F3N21S3. The summed E-state index contributed by atoms with van der Waals surface area (Å²) in [5.74, 6) is 1.56. The molecule has 0 amide bonds. The maximum Gasteiger partial charge on any atom is 0.126 e. The van der Waals surface area contributed by atoms with Crippen molar-refractivity contribution < 1.29 is 13.2 Å². The highest BCUT2D eigenvalue weighted by molar-refractivity contribution is 7.17. The van der Waals surface area contributed by atoms with E-state index in [4.69, 9.17) is 67.8 Å². The zero-order valence-electron chi connectivity index (χ0n) is 79.5. The summed E-state index contributed by atoms with van der Waals surface area (Å²) < 4.78 is 44.2. The molecule has 0 bridgehead atoms. The van der Waals surface area contributed by atoms with Gasteiger partial charge in [-0.05, 0) is 321 Å². The third kappa shape index (κ3) is 22.6. The van der Waals surface area contributed by atoms with Crippen LogP contribution in [0.5, 0.6) is 0 Å². The van der Waals surface area contributed by atoms with Gasteiger partial charge < -0.3 is 67.8 Å². The van der Waals surface area contributed by atoms with Gasteiger partial charge in [0.15, 0.2) is 0 Å². The zero-order valence-corrected chi connectivity index (χ0v) is 81.9. The molecule has 0 aliphatic heterocycles. The van der Waals surface area contributed by atoms with Crippen molar-refractivity contribution in [3.05, 3.63) is 394 Å². The number of thiazole rings is 3. The Kier molecular flexibility index (Phi) is 29.0. The van der Waals surface area contributed by atoms with Crippen molar-refractivity contribution in [2.24, 2.45) is 0 Å². The highest BCUT2D eigenvalue weighted by Crippen LogP contribution is 2.46. The van der Waals surface area contributed by atoms with Crippen LogP contribution in [0.25, 0.3) is 165 Å². The molecule has 23 rings (SSSR count). The van der Waals surface area contributed by atoms with Gasteiger partial charge in [0.2, 0.25) is 0 Å². The summed E-state index contributed by atoms with van der Waals surface area (Å²) in [6, 6.07) is 90.9. The van der Waals surface area contributed by atoms with Crippen molar-refractivity contribution in [3.8, 4) is 134 Å². The average Bonchev–Trinajstić information content (AvgIpc) is 1.75. The summed E-state index contributed by atoms with van der Waals surface area (Å²) in [6.45, 7) is 7.26. The molecule has 21 N–H and O–H groups in total. The van der Waals surface area contributed by atoms with E-state index < -0.39 is 0 Å². The van der Waals surface area contributed by atoms with E-state index in [2.05, 4.69) is 161 Å². The van der Waals surface area contributed by atoms with E-state index in [1.807, 2.05) is 126 Å².